The van der Waals surface area contributed by atoms with Crippen molar-refractivity contribution in [3.8, 4) is 0 Å². The number of fused-ring (bicyclic) bond motifs is 2. The Hall–Kier alpha value is -1.80. The molecule has 0 aromatic rings. The maximum absolute atomic E-state index is 13.9. The standard InChI is InChI=1S/C25H37N3O4S/c1-3-5-13-27-15-9-11-25-20(23(31)28(16-6-7-17-29)21(25)24(27)32)19-18(33-25)10-8-14-26(12-4-2)22(19)30/h8-11,18-21,29H,3-7,12-17H2,1-2H3/t18-,19+,20-,21?,25-/m0/s1. The van der Waals surface area contributed by atoms with Crippen LogP contribution in [0.25, 0.3) is 0 Å². The minimum absolute atomic E-state index is 0.000833. The molecule has 0 saturated carbocycles. The number of rotatable bonds is 9. The molecule has 7 nitrogen and oxygen atoms in total. The summed E-state index contributed by atoms with van der Waals surface area (Å²) in [6, 6.07) is -0.595. The van der Waals surface area contributed by atoms with Gasteiger partial charge >= 0.3 is 0 Å². The van der Waals surface area contributed by atoms with Gasteiger partial charge in [-0.3, -0.25) is 14.4 Å². The van der Waals surface area contributed by atoms with E-state index < -0.39 is 22.6 Å². The molecule has 0 aliphatic carbocycles. The number of nitrogens with zero attached hydrogens (tertiary/aromatic N) is 3. The molecule has 182 valence electrons. The van der Waals surface area contributed by atoms with Crippen molar-refractivity contribution in [2.75, 3.05) is 39.3 Å². The van der Waals surface area contributed by atoms with Crippen molar-refractivity contribution in [3.05, 3.63) is 24.3 Å². The highest BCUT2D eigenvalue weighted by molar-refractivity contribution is 8.02. The van der Waals surface area contributed by atoms with Gasteiger partial charge in [-0.25, -0.2) is 0 Å². The number of aliphatic hydroxyl groups excluding tert-OH is 1. The molecular formula is C25H37N3O4S. The van der Waals surface area contributed by atoms with Crippen LogP contribution in [0.5, 0.6) is 0 Å². The SMILES string of the molecule is CCCCN1CC=C[C@]23S[C@H]4C=CCN(CCC)C(=O)[C@H]4[C@H]2C(=O)N(CCCCO)C3C1=O. The van der Waals surface area contributed by atoms with E-state index in [-0.39, 0.29) is 29.6 Å². The maximum atomic E-state index is 13.9. The lowest BCUT2D eigenvalue weighted by Crippen LogP contribution is -2.53. The fourth-order valence-corrected chi connectivity index (χ4v) is 7.90. The normalized spacial score (nSPS) is 33.3. The van der Waals surface area contributed by atoms with Gasteiger partial charge in [0.15, 0.2) is 0 Å². The van der Waals surface area contributed by atoms with Gasteiger partial charge < -0.3 is 19.8 Å². The molecule has 4 heterocycles. The molecule has 0 aromatic heterocycles. The zero-order valence-electron chi connectivity index (χ0n) is 19.8. The fourth-order valence-electron chi connectivity index (χ4n) is 5.89. The van der Waals surface area contributed by atoms with Crippen molar-refractivity contribution in [2.24, 2.45) is 11.8 Å². The summed E-state index contributed by atoms with van der Waals surface area (Å²) < 4.78 is -0.723. The molecule has 1 spiro atoms. The molecule has 33 heavy (non-hydrogen) atoms. The zero-order chi connectivity index (χ0) is 23.6. The Labute approximate surface area is 201 Å². The fraction of sp³-hybridized carbons (Fsp3) is 0.720. The highest BCUT2D eigenvalue weighted by Gasteiger charge is 2.70. The van der Waals surface area contributed by atoms with Crippen LogP contribution in [-0.2, 0) is 14.4 Å². The molecule has 1 N–H and O–H groups in total. The van der Waals surface area contributed by atoms with Gasteiger partial charge in [0, 0.05) is 44.6 Å². The van der Waals surface area contributed by atoms with Crippen molar-refractivity contribution in [1.29, 1.82) is 0 Å². The molecule has 1 unspecified atom stereocenters. The first-order valence-corrected chi connectivity index (χ1v) is 13.4. The third-order valence-electron chi connectivity index (χ3n) is 7.41. The van der Waals surface area contributed by atoms with E-state index in [1.807, 2.05) is 15.9 Å². The summed E-state index contributed by atoms with van der Waals surface area (Å²) in [5.41, 5.74) is 0. The third-order valence-corrected chi connectivity index (χ3v) is 9.15. The van der Waals surface area contributed by atoms with E-state index in [9.17, 15) is 19.5 Å². The van der Waals surface area contributed by atoms with Crippen molar-refractivity contribution >= 4 is 29.5 Å². The number of hydrogen-bond donors (Lipinski definition) is 1. The predicted octanol–water partition coefficient (Wildman–Crippen LogP) is 2.06. The van der Waals surface area contributed by atoms with Crippen LogP contribution in [0, 0.1) is 11.8 Å². The Morgan fingerprint density at radius 1 is 0.939 bits per heavy atom. The van der Waals surface area contributed by atoms with E-state index >= 15 is 0 Å². The highest BCUT2D eigenvalue weighted by Crippen LogP contribution is 2.61. The van der Waals surface area contributed by atoms with E-state index in [2.05, 4.69) is 32.1 Å². The monoisotopic (exact) mass is 475 g/mol. The average molecular weight is 476 g/mol. The van der Waals surface area contributed by atoms with Crippen LogP contribution in [-0.4, -0.2) is 92.9 Å². The smallest absolute Gasteiger partial charge is 0.247 e. The average Bonchev–Trinajstić information content (AvgIpc) is 3.12. The summed E-state index contributed by atoms with van der Waals surface area (Å²) in [6.07, 6.45) is 12.3. The van der Waals surface area contributed by atoms with E-state index in [0.717, 1.165) is 19.3 Å². The summed E-state index contributed by atoms with van der Waals surface area (Å²) in [5, 5.41) is 9.18. The Kier molecular flexibility index (Phi) is 7.53. The van der Waals surface area contributed by atoms with Gasteiger partial charge in [-0.05, 0) is 25.7 Å². The molecule has 0 aromatic carbocycles. The largest absolute Gasteiger partial charge is 0.396 e. The number of thioether (sulfide) groups is 1. The summed E-state index contributed by atoms with van der Waals surface area (Å²) in [6.45, 7) is 7.14. The first-order chi connectivity index (χ1) is 16.0. The van der Waals surface area contributed by atoms with Crippen molar-refractivity contribution in [1.82, 2.24) is 14.7 Å². The topological polar surface area (TPSA) is 81.2 Å². The predicted molar refractivity (Wildman–Crippen MR) is 130 cm³/mol. The van der Waals surface area contributed by atoms with E-state index in [4.69, 9.17) is 0 Å². The molecule has 4 rings (SSSR count). The lowest BCUT2D eigenvalue weighted by atomic mass is 9.78. The van der Waals surface area contributed by atoms with Gasteiger partial charge in [0.25, 0.3) is 0 Å². The lowest BCUT2D eigenvalue weighted by Gasteiger charge is -2.35. The van der Waals surface area contributed by atoms with Crippen molar-refractivity contribution in [2.45, 2.75) is 62.0 Å². The van der Waals surface area contributed by atoms with Crippen LogP contribution in [0.1, 0.15) is 46.0 Å². The number of hydrogen-bond acceptors (Lipinski definition) is 5. The van der Waals surface area contributed by atoms with Gasteiger partial charge in [-0.15, -0.1) is 11.8 Å². The van der Waals surface area contributed by atoms with E-state index in [0.29, 0.717) is 45.6 Å². The quantitative estimate of drug-likeness (QED) is 0.408. The van der Waals surface area contributed by atoms with Gasteiger partial charge in [0.05, 0.1) is 16.6 Å². The molecule has 0 radical (unpaired) electrons. The van der Waals surface area contributed by atoms with Crippen LogP contribution in [0.2, 0.25) is 0 Å². The number of likely N-dealkylation sites (tertiary alicyclic amines) is 1. The zero-order valence-corrected chi connectivity index (χ0v) is 20.6. The van der Waals surface area contributed by atoms with Gasteiger partial charge in [0.1, 0.15) is 6.04 Å². The second-order valence-corrected chi connectivity index (χ2v) is 11.0. The van der Waals surface area contributed by atoms with Crippen molar-refractivity contribution in [3.63, 3.8) is 0 Å². The molecule has 8 heteroatoms. The third kappa shape index (κ3) is 4.14. The number of carbonyl (C=O) groups is 3. The Bertz CT molecular complexity index is 830. The van der Waals surface area contributed by atoms with E-state index in [1.165, 1.54) is 0 Å². The Morgan fingerprint density at radius 2 is 1.70 bits per heavy atom. The molecule has 2 saturated heterocycles. The number of aliphatic hydroxyl groups is 1. The number of amides is 3. The van der Waals surface area contributed by atoms with E-state index in [1.54, 1.807) is 16.7 Å². The molecule has 2 fully saturated rings. The second-order valence-electron chi connectivity index (χ2n) is 9.56. The Morgan fingerprint density at radius 3 is 2.42 bits per heavy atom. The first kappa shape index (κ1) is 24.3. The van der Waals surface area contributed by atoms with Crippen molar-refractivity contribution < 1.29 is 19.5 Å². The van der Waals surface area contributed by atoms with Gasteiger partial charge in [-0.1, -0.05) is 44.6 Å². The summed E-state index contributed by atoms with van der Waals surface area (Å²) in [4.78, 5) is 47.0. The minimum Gasteiger partial charge on any atom is -0.396 e. The molecular weight excluding hydrogens is 438 g/mol. The first-order valence-electron chi connectivity index (χ1n) is 12.5. The molecule has 5 atom stereocenters. The minimum atomic E-state index is -0.723. The molecule has 3 amide bonds. The summed E-state index contributed by atoms with van der Waals surface area (Å²) in [5.74, 6) is -1.02. The second kappa shape index (κ2) is 10.2. The molecule has 0 bridgehead atoms. The number of unbranched alkanes of at least 4 members (excludes halogenated alkanes) is 2. The summed E-state index contributed by atoms with van der Waals surface area (Å²) >= 11 is 1.64. The van der Waals surface area contributed by atoms with Gasteiger partial charge in [0.2, 0.25) is 17.7 Å². The van der Waals surface area contributed by atoms with Crippen LogP contribution < -0.4 is 0 Å². The van der Waals surface area contributed by atoms with Crippen LogP contribution in [0.15, 0.2) is 24.3 Å². The molecule has 4 aliphatic rings. The van der Waals surface area contributed by atoms with Crippen LogP contribution in [0.4, 0.5) is 0 Å². The highest BCUT2D eigenvalue weighted by atomic mass is 32.2. The lowest BCUT2D eigenvalue weighted by molar-refractivity contribution is -0.144. The molecule has 4 aliphatic heterocycles. The Balaban J connectivity index is 1.74. The number of carbonyl (C=O) groups excluding carboxylic acids is 3. The summed E-state index contributed by atoms with van der Waals surface area (Å²) in [7, 11) is 0. The maximum Gasteiger partial charge on any atom is 0.247 e. The van der Waals surface area contributed by atoms with Crippen LogP contribution in [0.3, 0.4) is 0 Å². The van der Waals surface area contributed by atoms with Crippen LogP contribution >= 0.6 is 11.8 Å². The van der Waals surface area contributed by atoms with Gasteiger partial charge in [-0.2, -0.15) is 0 Å².